The zero-order valence-corrected chi connectivity index (χ0v) is 6.52. The van der Waals surface area contributed by atoms with Gasteiger partial charge in [0.1, 0.15) is 6.29 Å². The predicted molar refractivity (Wildman–Crippen MR) is 39.7 cm³/mol. The largest absolute Gasteiger partial charge is 0.392 e. The summed E-state index contributed by atoms with van der Waals surface area (Å²) in [5.74, 6) is 0.478. The number of carbonyl (C=O) groups excluding carboxylic acids is 1. The quantitative estimate of drug-likeness (QED) is 0.596. The van der Waals surface area contributed by atoms with Crippen LogP contribution >= 0.6 is 11.8 Å². The Hall–Kier alpha value is -0.0200. The van der Waals surface area contributed by atoms with Gasteiger partial charge in [-0.15, -0.1) is 11.8 Å². The van der Waals surface area contributed by atoms with Gasteiger partial charge in [0.25, 0.3) is 0 Å². The van der Waals surface area contributed by atoms with E-state index in [0.717, 1.165) is 6.29 Å². The summed E-state index contributed by atoms with van der Waals surface area (Å²) >= 11 is 1.47. The van der Waals surface area contributed by atoms with Crippen molar-refractivity contribution in [2.45, 2.75) is 25.2 Å². The Labute approximate surface area is 59.6 Å². The summed E-state index contributed by atoms with van der Waals surface area (Å²) in [5, 5.41) is 9.07. The molecule has 0 saturated heterocycles. The van der Waals surface area contributed by atoms with Crippen molar-refractivity contribution in [3.63, 3.8) is 0 Å². The van der Waals surface area contributed by atoms with Gasteiger partial charge >= 0.3 is 0 Å². The molecule has 0 fully saturated rings. The molecule has 0 spiro atoms. The summed E-state index contributed by atoms with van der Waals surface area (Å²) < 4.78 is 0. The van der Waals surface area contributed by atoms with Gasteiger partial charge in [-0.25, -0.2) is 0 Å². The smallest absolute Gasteiger partial charge is 0.129 e. The Morgan fingerprint density at radius 1 is 1.67 bits per heavy atom. The lowest BCUT2D eigenvalue weighted by Crippen LogP contribution is -2.15. The lowest BCUT2D eigenvalue weighted by Gasteiger charge is -2.11. The maximum Gasteiger partial charge on any atom is 0.129 e. The highest BCUT2D eigenvalue weighted by atomic mass is 32.2. The molecule has 2 atom stereocenters. The van der Waals surface area contributed by atoms with E-state index in [1.807, 2.05) is 6.92 Å². The number of aldehydes is 1. The van der Waals surface area contributed by atoms with E-state index in [4.69, 9.17) is 5.11 Å². The van der Waals surface area contributed by atoms with Crippen LogP contribution in [-0.2, 0) is 4.79 Å². The summed E-state index contributed by atoms with van der Waals surface area (Å²) in [5.41, 5.74) is 0. The fraction of sp³-hybridized carbons (Fsp3) is 0.833. The van der Waals surface area contributed by atoms with Gasteiger partial charge < -0.3 is 9.90 Å². The molecule has 0 saturated carbocycles. The van der Waals surface area contributed by atoms with Crippen LogP contribution in [0.25, 0.3) is 0 Å². The molecule has 54 valence electrons. The highest BCUT2D eigenvalue weighted by Crippen LogP contribution is 2.11. The molecule has 0 amide bonds. The SMILES string of the molecule is CC(O)C(C)SCC=O. The number of hydrogen-bond donors (Lipinski definition) is 1. The van der Waals surface area contributed by atoms with E-state index in [-0.39, 0.29) is 11.4 Å². The molecular weight excluding hydrogens is 136 g/mol. The molecule has 0 aromatic rings. The van der Waals surface area contributed by atoms with Crippen molar-refractivity contribution in [3.05, 3.63) is 0 Å². The van der Waals surface area contributed by atoms with Crippen LogP contribution < -0.4 is 0 Å². The number of aliphatic hydroxyl groups excluding tert-OH is 1. The first-order valence-corrected chi connectivity index (χ1v) is 3.96. The van der Waals surface area contributed by atoms with Crippen LogP contribution in [0.1, 0.15) is 13.8 Å². The molecule has 0 aliphatic carbocycles. The molecule has 0 rings (SSSR count). The standard InChI is InChI=1S/C6H12O2S/c1-5(8)6(2)9-4-3-7/h3,5-6,8H,4H2,1-2H3. The fourth-order valence-electron chi connectivity index (χ4n) is 0.330. The van der Waals surface area contributed by atoms with Gasteiger partial charge in [0.15, 0.2) is 0 Å². The fourth-order valence-corrected chi connectivity index (χ4v) is 0.991. The Balaban J connectivity index is 3.26. The Morgan fingerprint density at radius 3 is 2.56 bits per heavy atom. The van der Waals surface area contributed by atoms with Gasteiger partial charge in [-0.3, -0.25) is 0 Å². The second-order valence-electron chi connectivity index (χ2n) is 1.95. The summed E-state index contributed by atoms with van der Waals surface area (Å²) in [6.45, 7) is 3.63. The average Bonchev–Trinajstić information content (AvgIpc) is 1.82. The van der Waals surface area contributed by atoms with E-state index >= 15 is 0 Å². The summed E-state index contributed by atoms with van der Waals surface area (Å²) in [6.07, 6.45) is 0.527. The molecule has 3 heteroatoms. The first kappa shape index (κ1) is 8.98. The Kier molecular flexibility index (Phi) is 4.81. The molecule has 0 aliphatic heterocycles. The Bertz CT molecular complexity index is 83.1. The van der Waals surface area contributed by atoms with E-state index in [1.54, 1.807) is 6.92 Å². The third-order valence-corrected chi connectivity index (χ3v) is 2.35. The third-order valence-electron chi connectivity index (χ3n) is 1.11. The van der Waals surface area contributed by atoms with Crippen molar-refractivity contribution in [3.8, 4) is 0 Å². The van der Waals surface area contributed by atoms with E-state index in [9.17, 15) is 4.79 Å². The zero-order valence-electron chi connectivity index (χ0n) is 5.70. The van der Waals surface area contributed by atoms with Gasteiger partial charge in [0, 0.05) is 11.0 Å². The van der Waals surface area contributed by atoms with Crippen LogP contribution in [0.4, 0.5) is 0 Å². The lowest BCUT2D eigenvalue weighted by atomic mass is 10.3. The number of thioether (sulfide) groups is 1. The number of carbonyl (C=O) groups is 1. The number of rotatable bonds is 4. The highest BCUT2D eigenvalue weighted by molar-refractivity contribution is 8.00. The van der Waals surface area contributed by atoms with Gasteiger partial charge in [0.05, 0.1) is 6.10 Å². The zero-order chi connectivity index (χ0) is 7.28. The molecule has 1 N–H and O–H groups in total. The maximum absolute atomic E-state index is 9.83. The summed E-state index contributed by atoms with van der Waals surface area (Å²) in [6, 6.07) is 0. The van der Waals surface area contributed by atoms with Crippen molar-refractivity contribution in [1.29, 1.82) is 0 Å². The van der Waals surface area contributed by atoms with E-state index in [2.05, 4.69) is 0 Å². The first-order valence-electron chi connectivity index (χ1n) is 2.91. The van der Waals surface area contributed by atoms with Crippen molar-refractivity contribution >= 4 is 18.0 Å². The minimum atomic E-state index is -0.324. The van der Waals surface area contributed by atoms with Crippen LogP contribution in [0.5, 0.6) is 0 Å². The van der Waals surface area contributed by atoms with Gasteiger partial charge in [-0.05, 0) is 6.92 Å². The molecule has 2 nitrogen and oxygen atoms in total. The second-order valence-corrected chi connectivity index (χ2v) is 3.36. The monoisotopic (exact) mass is 148 g/mol. The van der Waals surface area contributed by atoms with Gasteiger partial charge in [-0.2, -0.15) is 0 Å². The molecule has 0 heterocycles. The molecule has 0 bridgehead atoms. The summed E-state index contributed by atoms with van der Waals surface area (Å²) in [7, 11) is 0. The van der Waals surface area contributed by atoms with Crippen LogP contribution in [0, 0.1) is 0 Å². The summed E-state index contributed by atoms with van der Waals surface area (Å²) in [4.78, 5) is 9.83. The normalized spacial score (nSPS) is 16.8. The third kappa shape index (κ3) is 4.48. The Morgan fingerprint density at radius 2 is 2.22 bits per heavy atom. The molecule has 0 radical (unpaired) electrons. The average molecular weight is 148 g/mol. The molecule has 0 aromatic carbocycles. The minimum absolute atomic E-state index is 0.162. The number of aliphatic hydroxyl groups is 1. The minimum Gasteiger partial charge on any atom is -0.392 e. The van der Waals surface area contributed by atoms with E-state index < -0.39 is 0 Å². The predicted octanol–water partition coefficient (Wildman–Crippen LogP) is 0.688. The van der Waals surface area contributed by atoms with Gasteiger partial charge in [0.2, 0.25) is 0 Å². The molecule has 0 aromatic heterocycles. The van der Waals surface area contributed by atoms with Crippen LogP contribution in [0.2, 0.25) is 0 Å². The van der Waals surface area contributed by atoms with Crippen molar-refractivity contribution in [2.24, 2.45) is 0 Å². The van der Waals surface area contributed by atoms with E-state index in [0.29, 0.717) is 5.75 Å². The lowest BCUT2D eigenvalue weighted by molar-refractivity contribution is -0.105. The molecule has 0 aliphatic rings. The van der Waals surface area contributed by atoms with Crippen molar-refractivity contribution in [2.75, 3.05) is 5.75 Å². The van der Waals surface area contributed by atoms with E-state index in [1.165, 1.54) is 11.8 Å². The van der Waals surface area contributed by atoms with Crippen LogP contribution in [-0.4, -0.2) is 28.5 Å². The van der Waals surface area contributed by atoms with Crippen molar-refractivity contribution in [1.82, 2.24) is 0 Å². The van der Waals surface area contributed by atoms with Crippen molar-refractivity contribution < 1.29 is 9.90 Å². The maximum atomic E-state index is 9.83. The topological polar surface area (TPSA) is 37.3 Å². The second kappa shape index (κ2) is 4.82. The molecular formula is C6H12O2S. The highest BCUT2D eigenvalue weighted by Gasteiger charge is 2.06. The van der Waals surface area contributed by atoms with Crippen LogP contribution in [0.15, 0.2) is 0 Å². The first-order chi connectivity index (χ1) is 4.18. The van der Waals surface area contributed by atoms with Gasteiger partial charge in [-0.1, -0.05) is 6.92 Å². The van der Waals surface area contributed by atoms with Crippen LogP contribution in [0.3, 0.4) is 0 Å². The molecule has 2 unspecified atom stereocenters. The number of hydrogen-bond acceptors (Lipinski definition) is 3. The molecule has 9 heavy (non-hydrogen) atoms.